The fraction of sp³-hybridized carbons (Fsp3) is 0.818. The van der Waals surface area contributed by atoms with Gasteiger partial charge in [0.15, 0.2) is 0 Å². The van der Waals surface area contributed by atoms with E-state index in [0.29, 0.717) is 19.5 Å². The van der Waals surface area contributed by atoms with Crippen molar-refractivity contribution in [1.29, 1.82) is 0 Å². The Kier molecular flexibility index (Phi) is 7.33. The van der Waals surface area contributed by atoms with Crippen LogP contribution in [0.1, 0.15) is 40.0 Å². The lowest BCUT2D eigenvalue weighted by atomic mass is 10.0. The maximum atomic E-state index is 12.0. The summed E-state index contributed by atoms with van der Waals surface area (Å²) in [4.78, 5) is 13.8. The molecule has 0 unspecified atom stereocenters. The summed E-state index contributed by atoms with van der Waals surface area (Å²) in [5, 5.41) is 11.3. The van der Waals surface area contributed by atoms with Crippen molar-refractivity contribution in [2.45, 2.75) is 40.0 Å². The van der Waals surface area contributed by atoms with Crippen molar-refractivity contribution in [2.24, 2.45) is 16.8 Å². The van der Waals surface area contributed by atoms with E-state index in [2.05, 4.69) is 5.16 Å². The molecule has 0 aromatic rings. The second-order valence-corrected chi connectivity index (χ2v) is 3.77. The van der Waals surface area contributed by atoms with Crippen molar-refractivity contribution in [3.8, 4) is 0 Å². The minimum Gasteiger partial charge on any atom is -0.409 e. The smallest absolute Gasteiger partial charge is 0.225 e. The number of nitrogens with zero attached hydrogens (tertiary/aromatic N) is 2. The number of hydrogen-bond donors (Lipinski definition) is 2. The zero-order valence-corrected chi connectivity index (χ0v) is 10.4. The fourth-order valence-corrected chi connectivity index (χ4v) is 1.62. The first-order chi connectivity index (χ1) is 7.60. The van der Waals surface area contributed by atoms with Gasteiger partial charge in [-0.25, -0.2) is 0 Å². The number of rotatable bonds is 7. The molecule has 0 aliphatic carbocycles. The van der Waals surface area contributed by atoms with Gasteiger partial charge in [0.05, 0.1) is 0 Å². The third kappa shape index (κ3) is 4.51. The monoisotopic (exact) mass is 229 g/mol. The SMILES string of the molecule is CCC(CC)C(=O)N(CC)CCC(N)=NO. The maximum Gasteiger partial charge on any atom is 0.225 e. The molecular formula is C11H23N3O2. The zero-order chi connectivity index (χ0) is 12.6. The molecule has 0 aliphatic heterocycles. The molecule has 1 amide bonds. The summed E-state index contributed by atoms with van der Waals surface area (Å²) in [5.74, 6) is 0.418. The van der Waals surface area contributed by atoms with Gasteiger partial charge in [-0.3, -0.25) is 4.79 Å². The largest absolute Gasteiger partial charge is 0.409 e. The summed E-state index contributed by atoms with van der Waals surface area (Å²) in [6.45, 7) is 7.15. The molecule has 16 heavy (non-hydrogen) atoms. The van der Waals surface area contributed by atoms with E-state index < -0.39 is 0 Å². The van der Waals surface area contributed by atoms with Crippen LogP contribution in [0, 0.1) is 5.92 Å². The number of oxime groups is 1. The molecular weight excluding hydrogens is 206 g/mol. The van der Waals surface area contributed by atoms with Crippen LogP contribution in [-0.4, -0.2) is 34.9 Å². The van der Waals surface area contributed by atoms with Gasteiger partial charge in [0.25, 0.3) is 0 Å². The lowest BCUT2D eigenvalue weighted by Crippen LogP contribution is -2.37. The summed E-state index contributed by atoms with van der Waals surface area (Å²) < 4.78 is 0. The average molecular weight is 229 g/mol. The quantitative estimate of drug-likeness (QED) is 0.300. The van der Waals surface area contributed by atoms with Gasteiger partial charge in [0.2, 0.25) is 5.91 Å². The van der Waals surface area contributed by atoms with Gasteiger partial charge < -0.3 is 15.8 Å². The van der Waals surface area contributed by atoms with Gasteiger partial charge in [-0.05, 0) is 19.8 Å². The summed E-state index contributed by atoms with van der Waals surface area (Å²) in [6, 6.07) is 0. The first kappa shape index (κ1) is 14.7. The molecule has 0 radical (unpaired) electrons. The lowest BCUT2D eigenvalue weighted by Gasteiger charge is -2.24. The summed E-state index contributed by atoms with van der Waals surface area (Å²) in [5.41, 5.74) is 5.38. The van der Waals surface area contributed by atoms with E-state index in [9.17, 15) is 4.79 Å². The number of nitrogens with two attached hydrogens (primary N) is 1. The van der Waals surface area contributed by atoms with Gasteiger partial charge in [-0.2, -0.15) is 0 Å². The molecule has 0 bridgehead atoms. The van der Waals surface area contributed by atoms with Gasteiger partial charge in [-0.1, -0.05) is 19.0 Å². The molecule has 94 valence electrons. The highest BCUT2D eigenvalue weighted by Gasteiger charge is 2.20. The normalized spacial score (nSPS) is 11.9. The molecule has 0 saturated carbocycles. The molecule has 5 heteroatoms. The van der Waals surface area contributed by atoms with Crippen molar-refractivity contribution < 1.29 is 10.0 Å². The second kappa shape index (κ2) is 7.96. The Labute approximate surface area is 97.3 Å². The van der Waals surface area contributed by atoms with Crippen LogP contribution in [0.3, 0.4) is 0 Å². The predicted molar refractivity (Wildman–Crippen MR) is 64.4 cm³/mol. The van der Waals surface area contributed by atoms with E-state index >= 15 is 0 Å². The highest BCUT2D eigenvalue weighted by molar-refractivity contribution is 5.82. The average Bonchev–Trinajstić information content (AvgIpc) is 2.31. The van der Waals surface area contributed by atoms with Crippen LogP contribution in [0.15, 0.2) is 5.16 Å². The Morgan fingerprint density at radius 2 is 1.94 bits per heavy atom. The number of amidine groups is 1. The van der Waals surface area contributed by atoms with Crippen LogP contribution in [0.4, 0.5) is 0 Å². The number of carbonyl (C=O) groups excluding carboxylic acids is 1. The van der Waals surface area contributed by atoms with E-state index in [1.54, 1.807) is 4.90 Å². The third-order valence-corrected chi connectivity index (χ3v) is 2.79. The molecule has 0 saturated heterocycles. The Hall–Kier alpha value is -1.26. The van der Waals surface area contributed by atoms with Gasteiger partial charge in [0.1, 0.15) is 5.84 Å². The van der Waals surface area contributed by atoms with Crippen LogP contribution in [0.2, 0.25) is 0 Å². The Morgan fingerprint density at radius 3 is 2.31 bits per heavy atom. The molecule has 0 rings (SSSR count). The second-order valence-electron chi connectivity index (χ2n) is 3.77. The van der Waals surface area contributed by atoms with Gasteiger partial charge in [0, 0.05) is 25.4 Å². The van der Waals surface area contributed by atoms with Crippen molar-refractivity contribution in [3.63, 3.8) is 0 Å². The van der Waals surface area contributed by atoms with Gasteiger partial charge >= 0.3 is 0 Å². The van der Waals surface area contributed by atoms with E-state index in [1.165, 1.54) is 0 Å². The van der Waals surface area contributed by atoms with Crippen molar-refractivity contribution in [3.05, 3.63) is 0 Å². The van der Waals surface area contributed by atoms with Crippen molar-refractivity contribution in [2.75, 3.05) is 13.1 Å². The summed E-state index contributed by atoms with van der Waals surface area (Å²) in [6.07, 6.45) is 2.13. The molecule has 0 aliphatic rings. The summed E-state index contributed by atoms with van der Waals surface area (Å²) >= 11 is 0. The van der Waals surface area contributed by atoms with Crippen LogP contribution in [0.5, 0.6) is 0 Å². The highest BCUT2D eigenvalue weighted by Crippen LogP contribution is 2.12. The first-order valence-corrected chi connectivity index (χ1v) is 5.85. The lowest BCUT2D eigenvalue weighted by molar-refractivity contribution is -0.135. The van der Waals surface area contributed by atoms with E-state index in [-0.39, 0.29) is 17.7 Å². The highest BCUT2D eigenvalue weighted by atomic mass is 16.4. The molecule has 0 heterocycles. The van der Waals surface area contributed by atoms with E-state index in [4.69, 9.17) is 10.9 Å². The first-order valence-electron chi connectivity index (χ1n) is 5.85. The van der Waals surface area contributed by atoms with Crippen LogP contribution in [0.25, 0.3) is 0 Å². The fourth-order valence-electron chi connectivity index (χ4n) is 1.62. The number of amides is 1. The molecule has 0 atom stereocenters. The van der Waals surface area contributed by atoms with E-state index in [1.807, 2.05) is 20.8 Å². The Morgan fingerprint density at radius 1 is 1.38 bits per heavy atom. The zero-order valence-electron chi connectivity index (χ0n) is 10.4. The van der Waals surface area contributed by atoms with E-state index in [0.717, 1.165) is 12.8 Å². The van der Waals surface area contributed by atoms with Crippen molar-refractivity contribution in [1.82, 2.24) is 4.90 Å². The maximum absolute atomic E-state index is 12.0. The van der Waals surface area contributed by atoms with Crippen LogP contribution < -0.4 is 5.73 Å². The number of carbonyl (C=O) groups is 1. The van der Waals surface area contributed by atoms with Crippen LogP contribution >= 0.6 is 0 Å². The molecule has 0 fully saturated rings. The standard InChI is InChI=1S/C11H23N3O2/c1-4-9(5-2)11(15)14(6-3)8-7-10(12)13-16/h9,16H,4-8H2,1-3H3,(H2,12,13). The minimum atomic E-state index is 0.0900. The minimum absolute atomic E-state index is 0.0900. The molecule has 0 aromatic heterocycles. The Bertz CT molecular complexity index is 237. The predicted octanol–water partition coefficient (Wildman–Crippen LogP) is 1.41. The molecule has 0 aromatic carbocycles. The summed E-state index contributed by atoms with van der Waals surface area (Å²) in [7, 11) is 0. The molecule has 5 nitrogen and oxygen atoms in total. The molecule has 3 N–H and O–H groups in total. The number of hydrogen-bond acceptors (Lipinski definition) is 3. The van der Waals surface area contributed by atoms with Gasteiger partial charge in [-0.15, -0.1) is 0 Å². The molecule has 0 spiro atoms. The van der Waals surface area contributed by atoms with Crippen molar-refractivity contribution >= 4 is 11.7 Å². The third-order valence-electron chi connectivity index (χ3n) is 2.79. The topological polar surface area (TPSA) is 78.9 Å². The van der Waals surface area contributed by atoms with Crippen LogP contribution in [-0.2, 0) is 4.79 Å². The Balaban J connectivity index is 4.31.